The third-order valence-corrected chi connectivity index (χ3v) is 6.13. The molecule has 23 heavy (non-hydrogen) atoms. The summed E-state index contributed by atoms with van der Waals surface area (Å²) in [5.74, 6) is 0. The average Bonchev–Trinajstić information content (AvgIpc) is 3.00. The maximum atomic E-state index is 12.5. The number of carbonyl (C=O) groups is 1. The summed E-state index contributed by atoms with van der Waals surface area (Å²) < 4.78 is 0. The molecule has 3 aliphatic rings. The lowest BCUT2D eigenvalue weighted by atomic mass is 10.1. The van der Waals surface area contributed by atoms with Crippen LogP contribution in [0.15, 0.2) is 0 Å². The second kappa shape index (κ2) is 8.91. The Bertz CT molecular complexity index is 350. The summed E-state index contributed by atoms with van der Waals surface area (Å²) in [7, 11) is 0. The number of urea groups is 1. The molecule has 0 aromatic carbocycles. The van der Waals surface area contributed by atoms with Crippen molar-refractivity contribution in [3.63, 3.8) is 0 Å². The van der Waals surface area contributed by atoms with Crippen LogP contribution in [-0.4, -0.2) is 54.1 Å². The van der Waals surface area contributed by atoms with Gasteiger partial charge in [0.15, 0.2) is 0 Å². The van der Waals surface area contributed by atoms with Gasteiger partial charge in [0, 0.05) is 38.3 Å². The first-order valence-electron chi connectivity index (χ1n) is 10.1. The van der Waals surface area contributed by atoms with E-state index in [9.17, 15) is 4.79 Å². The Hall–Kier alpha value is -0.770. The van der Waals surface area contributed by atoms with Crippen molar-refractivity contribution in [1.29, 1.82) is 0 Å². The lowest BCUT2D eigenvalue weighted by molar-refractivity contribution is 0.0995. The summed E-state index contributed by atoms with van der Waals surface area (Å²) >= 11 is 0. The highest BCUT2D eigenvalue weighted by molar-refractivity contribution is 5.74. The van der Waals surface area contributed by atoms with E-state index in [0.29, 0.717) is 6.04 Å². The molecule has 4 nitrogen and oxygen atoms in total. The van der Waals surface area contributed by atoms with Gasteiger partial charge in [-0.25, -0.2) is 4.79 Å². The molecule has 0 atom stereocenters. The first kappa shape index (κ1) is 17.1. The van der Waals surface area contributed by atoms with Crippen LogP contribution in [0.1, 0.15) is 77.0 Å². The third kappa shape index (κ3) is 5.10. The molecule has 1 N–H and O–H groups in total. The largest absolute Gasteiger partial charge is 0.335 e. The highest BCUT2D eigenvalue weighted by Gasteiger charge is 2.27. The van der Waals surface area contributed by atoms with E-state index < -0.39 is 0 Å². The Morgan fingerprint density at radius 3 is 1.78 bits per heavy atom. The topological polar surface area (TPSA) is 35.6 Å². The molecule has 2 aliphatic carbocycles. The van der Waals surface area contributed by atoms with Gasteiger partial charge in [0.2, 0.25) is 0 Å². The molecule has 1 saturated heterocycles. The van der Waals surface area contributed by atoms with E-state index in [2.05, 4.69) is 15.1 Å². The van der Waals surface area contributed by atoms with Gasteiger partial charge in [-0.2, -0.15) is 0 Å². The van der Waals surface area contributed by atoms with Gasteiger partial charge in [0.1, 0.15) is 0 Å². The molecule has 2 amide bonds. The normalized spacial score (nSPS) is 26.5. The first-order valence-corrected chi connectivity index (χ1v) is 10.1. The van der Waals surface area contributed by atoms with E-state index in [1.165, 1.54) is 77.0 Å². The smallest absolute Gasteiger partial charge is 0.317 e. The van der Waals surface area contributed by atoms with Gasteiger partial charge in [-0.15, -0.1) is 0 Å². The summed E-state index contributed by atoms with van der Waals surface area (Å²) in [6.07, 6.45) is 15.9. The van der Waals surface area contributed by atoms with Gasteiger partial charge in [-0.1, -0.05) is 51.4 Å². The van der Waals surface area contributed by atoms with Crippen LogP contribution in [0.5, 0.6) is 0 Å². The summed E-state index contributed by atoms with van der Waals surface area (Å²) in [6.45, 7) is 3.97. The van der Waals surface area contributed by atoms with Gasteiger partial charge in [-0.05, 0) is 25.7 Å². The zero-order chi connectivity index (χ0) is 15.9. The molecule has 1 aliphatic heterocycles. The number of hydrogen-bond acceptors (Lipinski definition) is 2. The van der Waals surface area contributed by atoms with E-state index in [-0.39, 0.29) is 6.03 Å². The van der Waals surface area contributed by atoms with Gasteiger partial charge < -0.3 is 10.2 Å². The maximum absolute atomic E-state index is 12.5. The van der Waals surface area contributed by atoms with Crippen LogP contribution in [0, 0.1) is 0 Å². The van der Waals surface area contributed by atoms with Gasteiger partial charge >= 0.3 is 6.03 Å². The second-order valence-corrected chi connectivity index (χ2v) is 7.81. The van der Waals surface area contributed by atoms with Crippen LogP contribution in [0.3, 0.4) is 0 Å². The Balaban J connectivity index is 1.41. The Morgan fingerprint density at radius 2 is 1.22 bits per heavy atom. The molecule has 0 aromatic heterocycles. The fourth-order valence-corrected chi connectivity index (χ4v) is 4.60. The predicted molar refractivity (Wildman–Crippen MR) is 94.7 cm³/mol. The summed E-state index contributed by atoms with van der Waals surface area (Å²) in [6, 6.07) is 1.40. The molecule has 3 rings (SSSR count). The monoisotopic (exact) mass is 321 g/mol. The van der Waals surface area contributed by atoms with Crippen LogP contribution in [0.25, 0.3) is 0 Å². The van der Waals surface area contributed by atoms with E-state index in [1.807, 2.05) is 0 Å². The van der Waals surface area contributed by atoms with Crippen molar-refractivity contribution in [1.82, 2.24) is 15.1 Å². The minimum atomic E-state index is 0.192. The molecular formula is C19H35N3O. The number of nitrogens with one attached hydrogen (secondary N) is 1. The van der Waals surface area contributed by atoms with E-state index in [1.54, 1.807) is 0 Å². The Morgan fingerprint density at radius 1 is 0.696 bits per heavy atom. The number of rotatable bonds is 2. The zero-order valence-corrected chi connectivity index (χ0v) is 14.8. The van der Waals surface area contributed by atoms with Crippen molar-refractivity contribution in [2.24, 2.45) is 0 Å². The first-order chi connectivity index (χ1) is 11.3. The van der Waals surface area contributed by atoms with Crippen molar-refractivity contribution in [2.75, 3.05) is 26.2 Å². The van der Waals surface area contributed by atoms with E-state index in [0.717, 1.165) is 32.2 Å². The number of hydrogen-bond donors (Lipinski definition) is 1. The molecule has 0 radical (unpaired) electrons. The molecule has 0 spiro atoms. The van der Waals surface area contributed by atoms with E-state index >= 15 is 0 Å². The van der Waals surface area contributed by atoms with Crippen molar-refractivity contribution in [2.45, 2.75) is 89.1 Å². The fraction of sp³-hybridized carbons (Fsp3) is 0.947. The quantitative estimate of drug-likeness (QED) is 0.786. The van der Waals surface area contributed by atoms with Gasteiger partial charge in [0.25, 0.3) is 0 Å². The molecule has 0 unspecified atom stereocenters. The lowest BCUT2D eigenvalue weighted by Crippen LogP contribution is -2.55. The molecule has 0 aromatic rings. The summed E-state index contributed by atoms with van der Waals surface area (Å²) in [5.41, 5.74) is 0. The molecule has 3 fully saturated rings. The number of amides is 2. The van der Waals surface area contributed by atoms with Crippen LogP contribution in [0.2, 0.25) is 0 Å². The van der Waals surface area contributed by atoms with Gasteiger partial charge in [-0.3, -0.25) is 4.90 Å². The molecule has 0 bridgehead atoms. The average molecular weight is 322 g/mol. The third-order valence-electron chi connectivity index (χ3n) is 6.13. The summed E-state index contributed by atoms with van der Waals surface area (Å²) in [4.78, 5) is 17.2. The van der Waals surface area contributed by atoms with Crippen LogP contribution >= 0.6 is 0 Å². The highest BCUT2D eigenvalue weighted by atomic mass is 16.2. The van der Waals surface area contributed by atoms with Crippen LogP contribution in [0.4, 0.5) is 4.79 Å². The predicted octanol–water partition coefficient (Wildman–Crippen LogP) is 3.76. The molecule has 2 saturated carbocycles. The molecule has 4 heteroatoms. The van der Waals surface area contributed by atoms with Crippen molar-refractivity contribution >= 4 is 6.03 Å². The molecule has 132 valence electrons. The Labute approximate surface area is 142 Å². The van der Waals surface area contributed by atoms with Crippen LogP contribution < -0.4 is 5.32 Å². The van der Waals surface area contributed by atoms with Crippen LogP contribution in [-0.2, 0) is 0 Å². The maximum Gasteiger partial charge on any atom is 0.317 e. The molecular weight excluding hydrogens is 286 g/mol. The standard InChI is InChI=1S/C19H35N3O/c23-19(20-17-9-5-1-2-6-10-17)22-15-13-21(14-16-22)18-11-7-3-4-8-12-18/h17-18H,1-16H2,(H,20,23). The number of carbonyl (C=O) groups excluding carboxylic acids is 1. The van der Waals surface area contributed by atoms with E-state index in [4.69, 9.17) is 0 Å². The zero-order valence-electron chi connectivity index (χ0n) is 14.8. The van der Waals surface area contributed by atoms with Crippen molar-refractivity contribution in [3.05, 3.63) is 0 Å². The Kier molecular flexibility index (Phi) is 6.61. The number of nitrogens with zero attached hydrogens (tertiary/aromatic N) is 2. The highest BCUT2D eigenvalue weighted by Crippen LogP contribution is 2.23. The lowest BCUT2D eigenvalue weighted by Gasteiger charge is -2.39. The fourth-order valence-electron chi connectivity index (χ4n) is 4.60. The van der Waals surface area contributed by atoms with Gasteiger partial charge in [0.05, 0.1) is 0 Å². The minimum Gasteiger partial charge on any atom is -0.335 e. The van der Waals surface area contributed by atoms with Crippen molar-refractivity contribution in [3.8, 4) is 0 Å². The summed E-state index contributed by atoms with van der Waals surface area (Å²) in [5, 5.41) is 3.30. The minimum absolute atomic E-state index is 0.192. The second-order valence-electron chi connectivity index (χ2n) is 7.81. The molecule has 1 heterocycles. The SMILES string of the molecule is O=C(NC1CCCCCC1)N1CCN(C2CCCCCC2)CC1. The van der Waals surface area contributed by atoms with Crippen molar-refractivity contribution < 1.29 is 4.79 Å². The number of piperazine rings is 1.